The largest absolute Gasteiger partial charge is 0.494 e. The number of ether oxygens (including phenoxy) is 1. The Hall–Kier alpha value is -2.43. The lowest BCUT2D eigenvalue weighted by Gasteiger charge is -2.07. The highest BCUT2D eigenvalue weighted by Crippen LogP contribution is 2.20. The maximum absolute atomic E-state index is 10.8. The lowest BCUT2D eigenvalue weighted by atomic mass is 10.1. The van der Waals surface area contributed by atoms with Gasteiger partial charge in [-0.25, -0.2) is 9.78 Å². The van der Waals surface area contributed by atoms with Crippen molar-refractivity contribution in [2.24, 2.45) is 0 Å². The number of hydrogen-bond donors (Lipinski definition) is 1. The van der Waals surface area contributed by atoms with Crippen LogP contribution < -0.4 is 4.74 Å². The SMILES string of the molecule is CCCCCCCCCCCCOc1ccc(-c2cnc(C(=O)O)cn2)cc1. The van der Waals surface area contributed by atoms with Crippen molar-refractivity contribution in [1.29, 1.82) is 0 Å². The smallest absolute Gasteiger partial charge is 0.356 e. The van der Waals surface area contributed by atoms with Crippen LogP contribution in [0.4, 0.5) is 0 Å². The summed E-state index contributed by atoms with van der Waals surface area (Å²) in [5.74, 6) is -0.232. The highest BCUT2D eigenvalue weighted by Gasteiger charge is 2.06. The van der Waals surface area contributed by atoms with Crippen LogP contribution in [0.15, 0.2) is 36.7 Å². The molecule has 28 heavy (non-hydrogen) atoms. The van der Waals surface area contributed by atoms with E-state index in [4.69, 9.17) is 9.84 Å². The van der Waals surface area contributed by atoms with E-state index in [0.29, 0.717) is 5.69 Å². The highest BCUT2D eigenvalue weighted by atomic mass is 16.5. The number of benzene rings is 1. The van der Waals surface area contributed by atoms with Crippen molar-refractivity contribution >= 4 is 5.97 Å². The molecule has 5 heteroatoms. The molecule has 152 valence electrons. The van der Waals surface area contributed by atoms with Crippen molar-refractivity contribution in [3.63, 3.8) is 0 Å². The van der Waals surface area contributed by atoms with Crippen molar-refractivity contribution < 1.29 is 14.6 Å². The van der Waals surface area contributed by atoms with Gasteiger partial charge in [-0.05, 0) is 30.7 Å². The van der Waals surface area contributed by atoms with Gasteiger partial charge in [-0.15, -0.1) is 0 Å². The molecule has 0 saturated heterocycles. The molecule has 0 aliphatic carbocycles. The Morgan fingerprint density at radius 3 is 2.00 bits per heavy atom. The highest BCUT2D eigenvalue weighted by molar-refractivity contribution is 5.85. The van der Waals surface area contributed by atoms with Gasteiger partial charge in [-0.2, -0.15) is 0 Å². The first-order chi connectivity index (χ1) is 13.7. The fraction of sp³-hybridized carbons (Fsp3) is 0.522. The Kier molecular flexibility index (Phi) is 10.0. The molecular weight excluding hydrogens is 352 g/mol. The summed E-state index contributed by atoms with van der Waals surface area (Å²) < 4.78 is 5.81. The third-order valence-corrected chi connectivity index (χ3v) is 4.79. The van der Waals surface area contributed by atoms with Crippen LogP contribution in [0, 0.1) is 0 Å². The fourth-order valence-electron chi connectivity index (χ4n) is 3.09. The molecule has 0 spiro atoms. The molecule has 0 atom stereocenters. The van der Waals surface area contributed by atoms with E-state index in [-0.39, 0.29) is 5.69 Å². The van der Waals surface area contributed by atoms with Crippen LogP contribution in [0.3, 0.4) is 0 Å². The van der Waals surface area contributed by atoms with E-state index in [9.17, 15) is 4.79 Å². The molecule has 0 bridgehead atoms. The van der Waals surface area contributed by atoms with Crippen LogP contribution in [0.2, 0.25) is 0 Å². The van der Waals surface area contributed by atoms with Crippen LogP contribution in [0.25, 0.3) is 11.3 Å². The number of rotatable bonds is 14. The lowest BCUT2D eigenvalue weighted by Crippen LogP contribution is -2.01. The molecule has 0 aliphatic heterocycles. The monoisotopic (exact) mass is 384 g/mol. The van der Waals surface area contributed by atoms with Crippen LogP contribution in [0.1, 0.15) is 81.6 Å². The zero-order chi connectivity index (χ0) is 20.0. The first kappa shape index (κ1) is 21.9. The molecule has 1 heterocycles. The average molecular weight is 385 g/mol. The van der Waals surface area contributed by atoms with E-state index in [2.05, 4.69) is 16.9 Å². The maximum atomic E-state index is 10.8. The molecule has 0 fully saturated rings. The van der Waals surface area contributed by atoms with Gasteiger partial charge in [0.05, 0.1) is 24.7 Å². The fourth-order valence-corrected chi connectivity index (χ4v) is 3.09. The Morgan fingerprint density at radius 2 is 1.46 bits per heavy atom. The summed E-state index contributed by atoms with van der Waals surface area (Å²) in [7, 11) is 0. The van der Waals surface area contributed by atoms with E-state index in [1.807, 2.05) is 24.3 Å². The van der Waals surface area contributed by atoms with Gasteiger partial charge < -0.3 is 9.84 Å². The Morgan fingerprint density at radius 1 is 0.857 bits per heavy atom. The van der Waals surface area contributed by atoms with Gasteiger partial charge in [-0.1, -0.05) is 64.7 Å². The van der Waals surface area contributed by atoms with Gasteiger partial charge in [-0.3, -0.25) is 4.98 Å². The number of carboxylic acid groups (broad SMARTS) is 1. The van der Waals surface area contributed by atoms with Crippen molar-refractivity contribution in [2.75, 3.05) is 6.61 Å². The molecular formula is C23H32N2O3. The maximum Gasteiger partial charge on any atom is 0.356 e. The second-order valence-corrected chi connectivity index (χ2v) is 7.15. The molecule has 0 radical (unpaired) electrons. The van der Waals surface area contributed by atoms with E-state index in [1.54, 1.807) is 0 Å². The molecule has 2 aromatic rings. The predicted octanol–water partition coefficient (Wildman–Crippen LogP) is 6.14. The Bertz CT molecular complexity index is 684. The normalized spacial score (nSPS) is 10.8. The first-order valence-corrected chi connectivity index (χ1v) is 10.5. The predicted molar refractivity (Wildman–Crippen MR) is 112 cm³/mol. The van der Waals surface area contributed by atoms with Gasteiger partial charge in [0.1, 0.15) is 5.75 Å². The van der Waals surface area contributed by atoms with Crippen LogP contribution in [-0.4, -0.2) is 27.7 Å². The van der Waals surface area contributed by atoms with Gasteiger partial charge in [0.25, 0.3) is 0 Å². The zero-order valence-corrected chi connectivity index (χ0v) is 16.9. The van der Waals surface area contributed by atoms with Gasteiger partial charge >= 0.3 is 5.97 Å². The Labute approximate surface area is 168 Å². The summed E-state index contributed by atoms with van der Waals surface area (Å²) in [6.07, 6.45) is 15.9. The molecule has 1 aromatic heterocycles. The molecule has 5 nitrogen and oxygen atoms in total. The number of hydrogen-bond acceptors (Lipinski definition) is 4. The van der Waals surface area contributed by atoms with E-state index < -0.39 is 5.97 Å². The van der Waals surface area contributed by atoms with Crippen molar-refractivity contribution in [1.82, 2.24) is 9.97 Å². The van der Waals surface area contributed by atoms with Crippen molar-refractivity contribution in [3.8, 4) is 17.0 Å². The molecule has 1 N–H and O–H groups in total. The quantitative estimate of drug-likeness (QED) is 0.396. The van der Waals surface area contributed by atoms with Crippen molar-refractivity contribution in [2.45, 2.75) is 71.1 Å². The van der Waals surface area contributed by atoms with E-state index in [1.165, 1.54) is 70.2 Å². The number of nitrogens with zero attached hydrogens (tertiary/aromatic N) is 2. The second kappa shape index (κ2) is 12.9. The van der Waals surface area contributed by atoms with Crippen LogP contribution in [0.5, 0.6) is 5.75 Å². The molecule has 0 unspecified atom stereocenters. The number of aromatic nitrogens is 2. The summed E-state index contributed by atoms with van der Waals surface area (Å²) in [4.78, 5) is 18.9. The minimum atomic E-state index is -1.07. The minimum Gasteiger partial charge on any atom is -0.494 e. The van der Waals surface area contributed by atoms with E-state index in [0.717, 1.165) is 24.3 Å². The standard InChI is InChI=1S/C23H32N2O3/c1-2-3-4-5-6-7-8-9-10-11-16-28-20-14-12-19(13-15-20)21-17-25-22(18-24-21)23(26)27/h12-15,17-18H,2-11,16H2,1H3,(H,26,27). The summed E-state index contributed by atoms with van der Waals surface area (Å²) in [6, 6.07) is 7.66. The Balaban J connectivity index is 1.59. The average Bonchev–Trinajstić information content (AvgIpc) is 2.72. The third kappa shape index (κ3) is 8.07. The zero-order valence-electron chi connectivity index (χ0n) is 16.9. The van der Waals surface area contributed by atoms with E-state index >= 15 is 0 Å². The molecule has 1 aromatic carbocycles. The topological polar surface area (TPSA) is 72.3 Å². The molecule has 0 aliphatic rings. The summed E-state index contributed by atoms with van der Waals surface area (Å²) in [6.45, 7) is 3.00. The van der Waals surface area contributed by atoms with Gasteiger partial charge in [0.2, 0.25) is 0 Å². The summed E-state index contributed by atoms with van der Waals surface area (Å²) >= 11 is 0. The van der Waals surface area contributed by atoms with Gasteiger partial charge in [0, 0.05) is 5.56 Å². The third-order valence-electron chi connectivity index (χ3n) is 4.79. The molecule has 0 amide bonds. The van der Waals surface area contributed by atoms with Crippen molar-refractivity contribution in [3.05, 3.63) is 42.4 Å². The summed E-state index contributed by atoms with van der Waals surface area (Å²) in [5, 5.41) is 8.87. The molecule has 0 saturated carbocycles. The number of carboxylic acids is 1. The lowest BCUT2D eigenvalue weighted by molar-refractivity contribution is 0.0690. The molecule has 2 rings (SSSR count). The number of unbranched alkanes of at least 4 members (excludes halogenated alkanes) is 9. The number of carbonyl (C=O) groups is 1. The second-order valence-electron chi connectivity index (χ2n) is 7.15. The van der Waals surface area contributed by atoms with Crippen LogP contribution >= 0.6 is 0 Å². The van der Waals surface area contributed by atoms with Crippen LogP contribution in [-0.2, 0) is 0 Å². The van der Waals surface area contributed by atoms with Gasteiger partial charge in [0.15, 0.2) is 5.69 Å². The first-order valence-electron chi connectivity index (χ1n) is 10.5. The minimum absolute atomic E-state index is 0.0554. The summed E-state index contributed by atoms with van der Waals surface area (Å²) in [5.41, 5.74) is 1.47. The number of aromatic carboxylic acids is 1.